The number of ether oxygens (including phenoxy) is 1. The van der Waals surface area contributed by atoms with Gasteiger partial charge in [-0.05, 0) is 40.6 Å². The van der Waals surface area contributed by atoms with E-state index in [1.54, 1.807) is 24.3 Å². The van der Waals surface area contributed by atoms with Crippen LogP contribution < -0.4 is 14.5 Å². The predicted octanol–water partition coefficient (Wildman–Crippen LogP) is 1.84. The SMILES string of the molecule is COc1ccc(-[n+]2noc([O-])c2C(=O)/C=C/c2ccc([N+](=O)[O-])cc2)cc1. The maximum Gasteiger partial charge on any atom is 0.310 e. The van der Waals surface area contributed by atoms with Crippen LogP contribution in [0.4, 0.5) is 5.69 Å². The van der Waals surface area contributed by atoms with Crippen LogP contribution in [-0.4, -0.2) is 23.1 Å². The number of hydrogen-bond acceptors (Lipinski definition) is 7. The van der Waals surface area contributed by atoms with Gasteiger partial charge in [0.05, 0.1) is 17.3 Å². The number of allylic oxidation sites excluding steroid dienone is 1. The fraction of sp³-hybridized carbons (Fsp3) is 0.0556. The molecule has 27 heavy (non-hydrogen) atoms. The molecule has 0 radical (unpaired) electrons. The van der Waals surface area contributed by atoms with Gasteiger partial charge in [-0.2, -0.15) is 0 Å². The lowest BCUT2D eigenvalue weighted by Crippen LogP contribution is -2.38. The van der Waals surface area contributed by atoms with Crippen molar-refractivity contribution < 1.29 is 28.8 Å². The van der Waals surface area contributed by atoms with E-state index in [4.69, 9.17) is 4.74 Å². The Morgan fingerprint density at radius 1 is 1.19 bits per heavy atom. The molecule has 0 fully saturated rings. The highest BCUT2D eigenvalue weighted by atomic mass is 16.6. The number of nitro benzene ring substituents is 1. The zero-order valence-corrected chi connectivity index (χ0v) is 14.1. The molecule has 0 N–H and O–H groups in total. The third kappa shape index (κ3) is 3.82. The van der Waals surface area contributed by atoms with Crippen molar-refractivity contribution in [2.24, 2.45) is 0 Å². The normalized spacial score (nSPS) is 10.9. The third-order valence-electron chi connectivity index (χ3n) is 3.69. The van der Waals surface area contributed by atoms with Crippen molar-refractivity contribution in [1.82, 2.24) is 5.27 Å². The number of nitrogens with zero attached hydrogens (tertiary/aromatic N) is 3. The van der Waals surface area contributed by atoms with Crippen molar-refractivity contribution in [1.29, 1.82) is 0 Å². The van der Waals surface area contributed by atoms with Gasteiger partial charge in [0.1, 0.15) is 5.75 Å². The van der Waals surface area contributed by atoms with Gasteiger partial charge in [0.2, 0.25) is 5.69 Å². The highest BCUT2D eigenvalue weighted by Gasteiger charge is 2.25. The monoisotopic (exact) mass is 367 g/mol. The minimum absolute atomic E-state index is 0.0586. The average molecular weight is 367 g/mol. The second kappa shape index (κ2) is 7.48. The molecule has 1 heterocycles. The largest absolute Gasteiger partial charge is 0.539 e. The second-order valence-corrected chi connectivity index (χ2v) is 5.37. The van der Waals surface area contributed by atoms with Crippen molar-refractivity contribution in [3.8, 4) is 17.4 Å². The highest BCUT2D eigenvalue weighted by Crippen LogP contribution is 2.16. The van der Waals surface area contributed by atoms with Crippen molar-refractivity contribution >= 4 is 17.5 Å². The summed E-state index contributed by atoms with van der Waals surface area (Å²) in [7, 11) is 1.52. The Balaban J connectivity index is 1.86. The van der Waals surface area contributed by atoms with Gasteiger partial charge in [-0.25, -0.2) is 0 Å². The summed E-state index contributed by atoms with van der Waals surface area (Å²) in [5.74, 6) is -0.879. The molecule has 9 heteroatoms. The number of hydrogen-bond donors (Lipinski definition) is 0. The zero-order valence-electron chi connectivity index (χ0n) is 14.1. The fourth-order valence-electron chi connectivity index (χ4n) is 2.31. The molecule has 0 bridgehead atoms. The van der Waals surface area contributed by atoms with Crippen molar-refractivity contribution in [2.75, 3.05) is 7.11 Å². The Hall–Kier alpha value is -4.01. The molecule has 136 valence electrons. The minimum Gasteiger partial charge on any atom is -0.539 e. The molecule has 0 aliphatic carbocycles. The van der Waals surface area contributed by atoms with Gasteiger partial charge in [-0.15, -0.1) is 0 Å². The van der Waals surface area contributed by atoms with Gasteiger partial charge in [-0.3, -0.25) is 14.9 Å². The number of carbonyl (C=O) groups is 1. The summed E-state index contributed by atoms with van der Waals surface area (Å²) in [5.41, 5.74) is 0.692. The summed E-state index contributed by atoms with van der Waals surface area (Å²) < 4.78 is 10.8. The molecular formula is C18H13N3O6. The number of benzene rings is 2. The van der Waals surface area contributed by atoms with E-state index >= 15 is 0 Å². The fourth-order valence-corrected chi connectivity index (χ4v) is 2.31. The van der Waals surface area contributed by atoms with Crippen LogP contribution in [0.15, 0.2) is 59.1 Å². The van der Waals surface area contributed by atoms with Crippen LogP contribution in [0.1, 0.15) is 16.1 Å². The molecule has 0 atom stereocenters. The van der Waals surface area contributed by atoms with Crippen LogP contribution in [-0.2, 0) is 0 Å². The van der Waals surface area contributed by atoms with E-state index in [9.17, 15) is 20.0 Å². The van der Waals surface area contributed by atoms with Crippen LogP contribution >= 0.6 is 0 Å². The first-order chi connectivity index (χ1) is 13.0. The van der Waals surface area contributed by atoms with Gasteiger partial charge < -0.3 is 14.4 Å². The summed E-state index contributed by atoms with van der Waals surface area (Å²) in [6, 6.07) is 12.2. The maximum atomic E-state index is 12.5. The quantitative estimate of drug-likeness (QED) is 0.214. The second-order valence-electron chi connectivity index (χ2n) is 5.37. The Morgan fingerprint density at radius 3 is 2.44 bits per heavy atom. The van der Waals surface area contributed by atoms with Gasteiger partial charge in [0, 0.05) is 24.3 Å². The Kier molecular flexibility index (Phi) is 4.93. The summed E-state index contributed by atoms with van der Waals surface area (Å²) in [4.78, 5) is 22.6. The first-order valence-electron chi connectivity index (χ1n) is 7.70. The molecular weight excluding hydrogens is 354 g/mol. The maximum absolute atomic E-state index is 12.5. The molecule has 2 aromatic carbocycles. The van der Waals surface area contributed by atoms with Gasteiger partial charge in [0.25, 0.3) is 11.5 Å². The van der Waals surface area contributed by atoms with Gasteiger partial charge in [-0.1, -0.05) is 6.08 Å². The standard InChI is InChI=1S/C18H13N3O6/c1-26-15-9-7-13(8-10-15)20-17(18(23)27-19-20)16(22)11-4-12-2-5-14(6-3-12)21(24)25/h2-11H,1H3/b11-4+. The topological polar surface area (TPSA) is 122 Å². The van der Waals surface area contributed by atoms with Crippen LogP contribution in [0.5, 0.6) is 11.7 Å². The number of carbonyl (C=O) groups excluding carboxylic acids is 1. The Bertz CT molecular complexity index is 1010. The van der Waals surface area contributed by atoms with E-state index in [0.29, 0.717) is 17.0 Å². The van der Waals surface area contributed by atoms with E-state index in [0.717, 1.165) is 4.68 Å². The molecule has 0 amide bonds. The van der Waals surface area contributed by atoms with E-state index in [2.05, 4.69) is 9.79 Å². The number of nitro groups is 1. The molecule has 3 rings (SSSR count). The first-order valence-corrected chi connectivity index (χ1v) is 7.70. The van der Waals surface area contributed by atoms with Gasteiger partial charge in [0.15, 0.2) is 5.95 Å². The van der Waals surface area contributed by atoms with E-state index < -0.39 is 16.7 Å². The summed E-state index contributed by atoms with van der Waals surface area (Å²) in [6.07, 6.45) is 2.62. The molecule has 3 aromatic rings. The third-order valence-corrected chi connectivity index (χ3v) is 3.69. The lowest BCUT2D eigenvalue weighted by molar-refractivity contribution is -0.672. The lowest BCUT2D eigenvalue weighted by atomic mass is 10.1. The molecule has 1 aromatic heterocycles. The highest BCUT2D eigenvalue weighted by molar-refractivity contribution is 6.05. The number of ketones is 1. The molecule has 0 aliphatic heterocycles. The number of aromatic nitrogens is 2. The summed E-state index contributed by atoms with van der Waals surface area (Å²) >= 11 is 0. The van der Waals surface area contributed by atoms with Crippen LogP contribution in [0, 0.1) is 10.1 Å². The van der Waals surface area contributed by atoms with Crippen LogP contribution in [0.3, 0.4) is 0 Å². The summed E-state index contributed by atoms with van der Waals surface area (Å²) in [6.45, 7) is 0. The van der Waals surface area contributed by atoms with Crippen molar-refractivity contribution in [3.63, 3.8) is 0 Å². The van der Waals surface area contributed by atoms with Gasteiger partial charge >= 0.3 is 5.69 Å². The molecule has 9 nitrogen and oxygen atoms in total. The lowest BCUT2D eigenvalue weighted by Gasteiger charge is -1.98. The summed E-state index contributed by atoms with van der Waals surface area (Å²) in [5, 5.41) is 26.2. The molecule has 0 saturated heterocycles. The molecule has 0 unspecified atom stereocenters. The zero-order chi connectivity index (χ0) is 19.4. The number of rotatable bonds is 6. The van der Waals surface area contributed by atoms with E-state index in [1.165, 1.54) is 43.5 Å². The smallest absolute Gasteiger partial charge is 0.310 e. The molecule has 0 aliphatic rings. The predicted molar refractivity (Wildman–Crippen MR) is 90.5 cm³/mol. The van der Waals surface area contributed by atoms with Crippen molar-refractivity contribution in [3.05, 3.63) is 76.0 Å². The first kappa shape index (κ1) is 17.8. The van der Waals surface area contributed by atoms with Crippen LogP contribution in [0.25, 0.3) is 11.8 Å². The Labute approximate surface area is 152 Å². The minimum atomic E-state index is -0.871. The average Bonchev–Trinajstić information content (AvgIpc) is 3.08. The molecule has 0 saturated carbocycles. The molecule has 0 spiro atoms. The Morgan fingerprint density at radius 2 is 1.85 bits per heavy atom. The number of non-ortho nitro benzene ring substituents is 1. The van der Waals surface area contributed by atoms with E-state index in [-0.39, 0.29) is 11.4 Å². The van der Waals surface area contributed by atoms with Crippen LogP contribution in [0.2, 0.25) is 0 Å². The van der Waals surface area contributed by atoms with E-state index in [1.807, 2.05) is 0 Å². The number of methoxy groups -OCH3 is 1. The van der Waals surface area contributed by atoms with Crippen molar-refractivity contribution in [2.45, 2.75) is 0 Å².